The van der Waals surface area contributed by atoms with Gasteiger partial charge >= 0.3 is 0 Å². The second kappa shape index (κ2) is 14.7. The number of nitrogens with zero attached hydrogens (tertiary/aromatic N) is 1. The van der Waals surface area contributed by atoms with Gasteiger partial charge in [0.2, 0.25) is 11.8 Å². The van der Waals surface area contributed by atoms with Gasteiger partial charge < -0.3 is 20.6 Å². The Kier molecular flexibility index (Phi) is 11.0. The Labute approximate surface area is 263 Å². The highest BCUT2D eigenvalue weighted by Crippen LogP contribution is 2.40. The molecule has 3 N–H and O–H groups in total. The standard InChI is InChI=1S/C35H41N3O5S/c1-23-13-11-12-18-27(23)21-36-33(42)31-35(3,4)44-22-38(31)34(43)30(40)28(20-25-14-7-5-8-15-25)37-32(41)24(2)19-29(39)26-16-9-6-10-17-26/h5-18,24,28,30-31,40H,19-22H2,1-4H3,(H,36,42)(H,37,41). The third kappa shape index (κ3) is 8.15. The molecule has 1 saturated heterocycles. The highest BCUT2D eigenvalue weighted by atomic mass is 32.2. The molecule has 0 aromatic heterocycles. The molecule has 1 aliphatic rings. The summed E-state index contributed by atoms with van der Waals surface area (Å²) in [6, 6.07) is 24.0. The van der Waals surface area contributed by atoms with Gasteiger partial charge in [0.25, 0.3) is 5.91 Å². The summed E-state index contributed by atoms with van der Waals surface area (Å²) in [6.45, 7) is 7.76. The van der Waals surface area contributed by atoms with Crippen LogP contribution in [0.1, 0.15) is 54.2 Å². The summed E-state index contributed by atoms with van der Waals surface area (Å²) >= 11 is 1.46. The van der Waals surface area contributed by atoms with Crippen LogP contribution < -0.4 is 10.6 Å². The maximum atomic E-state index is 13.9. The normalized spacial score (nSPS) is 17.8. The van der Waals surface area contributed by atoms with Crippen LogP contribution >= 0.6 is 11.8 Å². The number of carbonyl (C=O) groups is 4. The Morgan fingerprint density at radius 1 is 0.955 bits per heavy atom. The van der Waals surface area contributed by atoms with E-state index in [0.29, 0.717) is 12.1 Å². The summed E-state index contributed by atoms with van der Waals surface area (Å²) in [5.74, 6) is -2.01. The zero-order valence-electron chi connectivity index (χ0n) is 25.7. The topological polar surface area (TPSA) is 116 Å². The van der Waals surface area contributed by atoms with E-state index in [-0.39, 0.29) is 30.4 Å². The average molecular weight is 616 g/mol. The van der Waals surface area contributed by atoms with Crippen LogP contribution in [-0.4, -0.2) is 62.3 Å². The average Bonchev–Trinajstić information content (AvgIpc) is 3.34. The number of Topliss-reactive ketones (excluding diaryl/α,β-unsaturated/α-hetero) is 1. The first-order chi connectivity index (χ1) is 21.0. The van der Waals surface area contributed by atoms with Gasteiger partial charge in [0, 0.05) is 29.2 Å². The number of hydrogen-bond acceptors (Lipinski definition) is 6. The van der Waals surface area contributed by atoms with Crippen LogP contribution in [0.5, 0.6) is 0 Å². The molecule has 0 saturated carbocycles. The molecule has 4 atom stereocenters. The van der Waals surface area contributed by atoms with Crippen LogP contribution in [0.15, 0.2) is 84.9 Å². The molecule has 8 nitrogen and oxygen atoms in total. The zero-order chi connectivity index (χ0) is 31.9. The molecule has 0 bridgehead atoms. The molecular weight excluding hydrogens is 574 g/mol. The van der Waals surface area contributed by atoms with Crippen molar-refractivity contribution < 1.29 is 24.3 Å². The first-order valence-electron chi connectivity index (χ1n) is 14.8. The van der Waals surface area contributed by atoms with Crippen molar-refractivity contribution in [3.63, 3.8) is 0 Å². The van der Waals surface area contributed by atoms with Gasteiger partial charge in [-0.3, -0.25) is 19.2 Å². The smallest absolute Gasteiger partial charge is 0.254 e. The molecule has 4 unspecified atom stereocenters. The van der Waals surface area contributed by atoms with Crippen molar-refractivity contribution in [3.8, 4) is 0 Å². The SMILES string of the molecule is Cc1ccccc1CNC(=O)C1N(C(=O)C(O)C(Cc2ccccc2)NC(=O)C(C)CC(=O)c2ccccc2)CSC1(C)C. The molecule has 0 radical (unpaired) electrons. The van der Waals surface area contributed by atoms with E-state index in [1.807, 2.05) is 81.4 Å². The number of aryl methyl sites for hydroxylation is 1. The Balaban J connectivity index is 1.50. The number of ketones is 1. The highest BCUT2D eigenvalue weighted by molar-refractivity contribution is 8.00. The van der Waals surface area contributed by atoms with Crippen molar-refractivity contribution in [2.24, 2.45) is 5.92 Å². The number of thioether (sulfide) groups is 1. The van der Waals surface area contributed by atoms with Crippen molar-refractivity contribution in [2.45, 2.75) is 70.0 Å². The third-order valence-corrected chi connectivity index (χ3v) is 9.46. The fraction of sp³-hybridized carbons (Fsp3) is 0.371. The minimum absolute atomic E-state index is 0.0158. The highest BCUT2D eigenvalue weighted by Gasteiger charge is 2.49. The molecule has 1 fully saturated rings. The lowest BCUT2D eigenvalue weighted by atomic mass is 9.95. The number of amides is 3. The van der Waals surface area contributed by atoms with Crippen LogP contribution in [0.3, 0.4) is 0 Å². The lowest BCUT2D eigenvalue weighted by molar-refractivity contribution is -0.148. The number of hydrogen-bond donors (Lipinski definition) is 3. The molecule has 232 valence electrons. The molecule has 3 aromatic carbocycles. The lowest BCUT2D eigenvalue weighted by Gasteiger charge is -2.33. The van der Waals surface area contributed by atoms with E-state index in [9.17, 15) is 24.3 Å². The van der Waals surface area contributed by atoms with E-state index < -0.39 is 40.7 Å². The van der Waals surface area contributed by atoms with Crippen LogP contribution in [0, 0.1) is 12.8 Å². The fourth-order valence-electron chi connectivity index (χ4n) is 5.39. The van der Waals surface area contributed by atoms with Gasteiger partial charge in [-0.25, -0.2) is 0 Å². The predicted octanol–water partition coefficient (Wildman–Crippen LogP) is 4.29. The van der Waals surface area contributed by atoms with E-state index in [0.717, 1.165) is 16.7 Å². The predicted molar refractivity (Wildman–Crippen MR) is 173 cm³/mol. The molecular formula is C35H41N3O5S. The summed E-state index contributed by atoms with van der Waals surface area (Å²) in [5, 5.41) is 17.3. The molecule has 3 aromatic rings. The Morgan fingerprint density at radius 3 is 2.23 bits per heavy atom. The maximum absolute atomic E-state index is 13.9. The Bertz CT molecular complexity index is 1460. The van der Waals surface area contributed by atoms with Crippen LogP contribution in [0.25, 0.3) is 0 Å². The first-order valence-corrected chi connectivity index (χ1v) is 15.8. The van der Waals surface area contributed by atoms with Crippen molar-refractivity contribution in [3.05, 3.63) is 107 Å². The number of aliphatic hydroxyl groups excluding tert-OH is 1. The summed E-state index contributed by atoms with van der Waals surface area (Å²) < 4.78 is -0.602. The Morgan fingerprint density at radius 2 is 1.57 bits per heavy atom. The van der Waals surface area contributed by atoms with Crippen molar-refractivity contribution >= 4 is 35.3 Å². The number of nitrogens with one attached hydrogen (secondary N) is 2. The molecule has 1 heterocycles. The van der Waals surface area contributed by atoms with Gasteiger partial charge in [0.05, 0.1) is 11.9 Å². The van der Waals surface area contributed by atoms with Gasteiger partial charge in [0.15, 0.2) is 11.9 Å². The van der Waals surface area contributed by atoms with Gasteiger partial charge in [-0.05, 0) is 43.9 Å². The number of benzene rings is 3. The minimum Gasteiger partial charge on any atom is -0.381 e. The second-order valence-electron chi connectivity index (χ2n) is 11.9. The molecule has 0 aliphatic carbocycles. The van der Waals surface area contributed by atoms with Gasteiger partial charge in [0.1, 0.15) is 6.04 Å². The fourth-order valence-corrected chi connectivity index (χ4v) is 6.53. The number of rotatable bonds is 12. The molecule has 9 heteroatoms. The third-order valence-electron chi connectivity index (χ3n) is 8.09. The van der Waals surface area contributed by atoms with Gasteiger partial charge in [-0.1, -0.05) is 91.9 Å². The van der Waals surface area contributed by atoms with E-state index in [1.165, 1.54) is 16.7 Å². The van der Waals surface area contributed by atoms with Gasteiger partial charge in [-0.2, -0.15) is 0 Å². The lowest BCUT2D eigenvalue weighted by Crippen LogP contribution is -2.59. The van der Waals surface area contributed by atoms with E-state index >= 15 is 0 Å². The van der Waals surface area contributed by atoms with Crippen molar-refractivity contribution in [2.75, 3.05) is 5.88 Å². The zero-order valence-corrected chi connectivity index (χ0v) is 26.5. The molecule has 1 aliphatic heterocycles. The van der Waals surface area contributed by atoms with Crippen molar-refractivity contribution in [1.29, 1.82) is 0 Å². The van der Waals surface area contributed by atoms with E-state index in [2.05, 4.69) is 10.6 Å². The summed E-state index contributed by atoms with van der Waals surface area (Å²) in [7, 11) is 0. The monoisotopic (exact) mass is 615 g/mol. The summed E-state index contributed by atoms with van der Waals surface area (Å²) in [5.41, 5.74) is 3.37. The minimum atomic E-state index is -1.61. The van der Waals surface area contributed by atoms with Crippen LogP contribution in [-0.2, 0) is 27.3 Å². The molecule has 44 heavy (non-hydrogen) atoms. The quantitative estimate of drug-likeness (QED) is 0.262. The second-order valence-corrected chi connectivity index (χ2v) is 13.5. The number of aliphatic hydroxyl groups is 1. The van der Waals surface area contributed by atoms with Crippen LogP contribution in [0.2, 0.25) is 0 Å². The molecule has 0 spiro atoms. The van der Waals surface area contributed by atoms with E-state index in [4.69, 9.17) is 0 Å². The Hall–Kier alpha value is -3.95. The summed E-state index contributed by atoms with van der Waals surface area (Å²) in [6.07, 6.45) is -1.44. The number of carbonyl (C=O) groups excluding carboxylic acids is 4. The largest absolute Gasteiger partial charge is 0.381 e. The maximum Gasteiger partial charge on any atom is 0.254 e. The van der Waals surface area contributed by atoms with E-state index in [1.54, 1.807) is 31.2 Å². The first kappa shape index (κ1) is 33.0. The summed E-state index contributed by atoms with van der Waals surface area (Å²) in [4.78, 5) is 54.9. The van der Waals surface area contributed by atoms with Crippen molar-refractivity contribution in [1.82, 2.24) is 15.5 Å². The van der Waals surface area contributed by atoms with Gasteiger partial charge in [-0.15, -0.1) is 11.8 Å². The van der Waals surface area contributed by atoms with Crippen LogP contribution in [0.4, 0.5) is 0 Å². The molecule has 3 amide bonds. The molecule has 4 rings (SSSR count).